The maximum atomic E-state index is 13.1. The molecule has 0 unspecified atom stereocenters. The van der Waals surface area contributed by atoms with Crippen molar-refractivity contribution < 1.29 is 9.18 Å². The van der Waals surface area contributed by atoms with Gasteiger partial charge in [-0.15, -0.1) is 0 Å². The smallest absolute Gasteiger partial charge is 0.307 e. The van der Waals surface area contributed by atoms with Gasteiger partial charge < -0.3 is 5.32 Å². The van der Waals surface area contributed by atoms with Gasteiger partial charge in [-0.05, 0) is 49.4 Å². The fraction of sp³-hybridized carbons (Fsp3) is 0.133. The molecule has 0 saturated heterocycles. The maximum absolute atomic E-state index is 13.1. The van der Waals surface area contributed by atoms with Crippen molar-refractivity contribution >= 4 is 40.6 Å². The van der Waals surface area contributed by atoms with E-state index in [4.69, 9.17) is 23.2 Å². The number of urea groups is 1. The molecule has 110 valence electrons. The van der Waals surface area contributed by atoms with Gasteiger partial charge in [-0.2, -0.15) is 0 Å². The van der Waals surface area contributed by atoms with Crippen LogP contribution in [0, 0.1) is 5.82 Å². The van der Waals surface area contributed by atoms with Gasteiger partial charge in [-0.3, -0.25) is 4.90 Å². The van der Waals surface area contributed by atoms with E-state index in [1.807, 2.05) is 6.92 Å². The first kappa shape index (κ1) is 15.6. The fourth-order valence-corrected chi connectivity index (χ4v) is 2.14. The number of amides is 2. The molecule has 2 rings (SSSR count). The highest BCUT2D eigenvalue weighted by Crippen LogP contribution is 2.22. The van der Waals surface area contributed by atoms with E-state index in [1.165, 1.54) is 23.1 Å². The molecule has 1 N–H and O–H groups in total. The molecule has 0 aliphatic carbocycles. The van der Waals surface area contributed by atoms with E-state index >= 15 is 0 Å². The number of benzene rings is 2. The molecule has 0 aliphatic rings. The summed E-state index contributed by atoms with van der Waals surface area (Å²) in [6.45, 7) is 2.33. The number of hydrogen-bond acceptors (Lipinski definition) is 1. The van der Waals surface area contributed by atoms with Crippen molar-refractivity contribution in [2.24, 2.45) is 0 Å². The first-order chi connectivity index (χ1) is 10.0. The third kappa shape index (κ3) is 3.86. The first-order valence-electron chi connectivity index (χ1n) is 6.30. The average molecular weight is 327 g/mol. The average Bonchev–Trinajstić information content (AvgIpc) is 2.46. The predicted molar refractivity (Wildman–Crippen MR) is 84.9 cm³/mol. The van der Waals surface area contributed by atoms with E-state index in [0.717, 1.165) is 0 Å². The van der Waals surface area contributed by atoms with Crippen LogP contribution in [0.5, 0.6) is 0 Å². The Bertz CT molecular complexity index is 647. The highest BCUT2D eigenvalue weighted by molar-refractivity contribution is 6.31. The zero-order valence-corrected chi connectivity index (χ0v) is 12.7. The third-order valence-corrected chi connectivity index (χ3v) is 3.41. The quantitative estimate of drug-likeness (QED) is 0.826. The number of halogens is 3. The molecule has 0 heterocycles. The van der Waals surface area contributed by atoms with Gasteiger partial charge in [0.05, 0.1) is 5.02 Å². The Kier molecular flexibility index (Phi) is 5.04. The molecule has 2 amide bonds. The van der Waals surface area contributed by atoms with Crippen molar-refractivity contribution in [1.29, 1.82) is 0 Å². The van der Waals surface area contributed by atoms with Crippen LogP contribution in [0.3, 0.4) is 0 Å². The van der Waals surface area contributed by atoms with E-state index in [-0.39, 0.29) is 11.1 Å². The maximum Gasteiger partial charge on any atom is 0.326 e. The van der Waals surface area contributed by atoms with Crippen LogP contribution in [-0.4, -0.2) is 12.6 Å². The number of carbonyl (C=O) groups is 1. The van der Waals surface area contributed by atoms with Crippen molar-refractivity contribution in [2.45, 2.75) is 6.92 Å². The summed E-state index contributed by atoms with van der Waals surface area (Å²) in [5.41, 5.74) is 1.14. The normalized spacial score (nSPS) is 10.3. The monoisotopic (exact) mass is 326 g/mol. The molecule has 2 aromatic carbocycles. The molecule has 0 atom stereocenters. The van der Waals surface area contributed by atoms with Crippen LogP contribution < -0.4 is 10.2 Å². The number of nitrogens with one attached hydrogen (secondary N) is 1. The lowest BCUT2D eigenvalue weighted by Crippen LogP contribution is -2.34. The number of nitrogens with zero attached hydrogens (tertiary/aromatic N) is 1. The van der Waals surface area contributed by atoms with Crippen LogP contribution >= 0.6 is 23.2 Å². The summed E-state index contributed by atoms with van der Waals surface area (Å²) in [6, 6.07) is 10.6. The van der Waals surface area contributed by atoms with E-state index in [0.29, 0.717) is 22.9 Å². The van der Waals surface area contributed by atoms with E-state index in [2.05, 4.69) is 5.32 Å². The van der Waals surface area contributed by atoms with Gasteiger partial charge in [0.25, 0.3) is 0 Å². The standard InChI is InChI=1S/C15H13Cl2FN2O/c1-2-20(12-6-3-10(16)4-7-12)15(21)19-11-5-8-14(18)13(17)9-11/h3-9H,2H2,1H3,(H,19,21). The van der Waals surface area contributed by atoms with Gasteiger partial charge in [-0.1, -0.05) is 23.2 Å². The van der Waals surface area contributed by atoms with Crippen LogP contribution in [0.2, 0.25) is 10.0 Å². The van der Waals surface area contributed by atoms with Gasteiger partial charge in [0, 0.05) is 22.9 Å². The summed E-state index contributed by atoms with van der Waals surface area (Å²) < 4.78 is 13.1. The predicted octanol–water partition coefficient (Wildman–Crippen LogP) is 5.19. The van der Waals surface area contributed by atoms with Crippen LogP contribution in [0.4, 0.5) is 20.6 Å². The second kappa shape index (κ2) is 6.78. The lowest BCUT2D eigenvalue weighted by atomic mass is 10.3. The van der Waals surface area contributed by atoms with Gasteiger partial charge >= 0.3 is 6.03 Å². The molecule has 0 radical (unpaired) electrons. The minimum Gasteiger partial charge on any atom is -0.307 e. The summed E-state index contributed by atoms with van der Waals surface area (Å²) in [6.07, 6.45) is 0. The molecule has 6 heteroatoms. The first-order valence-corrected chi connectivity index (χ1v) is 7.06. The minimum absolute atomic E-state index is 0.0395. The largest absolute Gasteiger partial charge is 0.326 e. The van der Waals surface area contributed by atoms with Crippen molar-refractivity contribution in [1.82, 2.24) is 0 Å². The van der Waals surface area contributed by atoms with Gasteiger partial charge in [-0.25, -0.2) is 9.18 Å². The highest BCUT2D eigenvalue weighted by Gasteiger charge is 2.14. The Balaban J connectivity index is 2.16. The number of hydrogen-bond donors (Lipinski definition) is 1. The highest BCUT2D eigenvalue weighted by atomic mass is 35.5. The Hall–Kier alpha value is -1.78. The van der Waals surface area contributed by atoms with E-state index < -0.39 is 5.82 Å². The fourth-order valence-electron chi connectivity index (χ4n) is 1.83. The molecule has 0 aromatic heterocycles. The molecule has 3 nitrogen and oxygen atoms in total. The molecular weight excluding hydrogens is 314 g/mol. The zero-order chi connectivity index (χ0) is 15.4. The molecule has 21 heavy (non-hydrogen) atoms. The van der Waals surface area contributed by atoms with Crippen molar-refractivity contribution in [3.05, 3.63) is 58.3 Å². The van der Waals surface area contributed by atoms with Crippen LogP contribution in [-0.2, 0) is 0 Å². The molecule has 0 aliphatic heterocycles. The SMILES string of the molecule is CCN(C(=O)Nc1ccc(F)c(Cl)c1)c1ccc(Cl)cc1. The summed E-state index contributed by atoms with van der Waals surface area (Å²) >= 11 is 11.5. The topological polar surface area (TPSA) is 32.3 Å². The van der Waals surface area contributed by atoms with Gasteiger partial charge in [0.2, 0.25) is 0 Å². The van der Waals surface area contributed by atoms with Crippen molar-refractivity contribution in [3.63, 3.8) is 0 Å². The van der Waals surface area contributed by atoms with Crippen LogP contribution in [0.15, 0.2) is 42.5 Å². The zero-order valence-electron chi connectivity index (χ0n) is 11.2. The van der Waals surface area contributed by atoms with Crippen molar-refractivity contribution in [3.8, 4) is 0 Å². The van der Waals surface area contributed by atoms with Gasteiger partial charge in [0.15, 0.2) is 0 Å². The molecule has 0 fully saturated rings. The van der Waals surface area contributed by atoms with Crippen molar-refractivity contribution in [2.75, 3.05) is 16.8 Å². The Labute approximate surface area is 132 Å². The number of anilines is 2. The second-order valence-corrected chi connectivity index (χ2v) is 5.12. The second-order valence-electron chi connectivity index (χ2n) is 4.28. The molecule has 2 aromatic rings. The summed E-state index contributed by atoms with van der Waals surface area (Å²) in [5.74, 6) is -0.528. The Morgan fingerprint density at radius 1 is 1.19 bits per heavy atom. The van der Waals surface area contributed by atoms with Crippen LogP contribution in [0.1, 0.15) is 6.92 Å². The number of carbonyl (C=O) groups excluding carboxylic acids is 1. The van der Waals surface area contributed by atoms with Crippen LogP contribution in [0.25, 0.3) is 0 Å². The van der Waals surface area contributed by atoms with E-state index in [9.17, 15) is 9.18 Å². The molecule has 0 bridgehead atoms. The van der Waals surface area contributed by atoms with Gasteiger partial charge in [0.1, 0.15) is 5.82 Å². The lowest BCUT2D eigenvalue weighted by Gasteiger charge is -2.21. The molecule has 0 saturated carbocycles. The lowest BCUT2D eigenvalue weighted by molar-refractivity contribution is 0.257. The summed E-state index contributed by atoms with van der Waals surface area (Å²) in [7, 11) is 0. The minimum atomic E-state index is -0.528. The number of rotatable bonds is 3. The van der Waals surface area contributed by atoms with E-state index in [1.54, 1.807) is 24.3 Å². The Morgan fingerprint density at radius 2 is 1.86 bits per heavy atom. The molecular formula is C15H13Cl2FN2O. The summed E-state index contributed by atoms with van der Waals surface area (Å²) in [5, 5.41) is 3.24. The third-order valence-electron chi connectivity index (χ3n) is 2.87. The Morgan fingerprint density at radius 3 is 2.43 bits per heavy atom. The summed E-state index contributed by atoms with van der Waals surface area (Å²) in [4.78, 5) is 13.8. The molecule has 0 spiro atoms.